The fourth-order valence-corrected chi connectivity index (χ4v) is 3.17. The van der Waals surface area contributed by atoms with Gasteiger partial charge >= 0.3 is 5.97 Å². The van der Waals surface area contributed by atoms with Gasteiger partial charge < -0.3 is 14.8 Å². The Labute approximate surface area is 149 Å². The van der Waals surface area contributed by atoms with E-state index in [1.807, 2.05) is 0 Å². The van der Waals surface area contributed by atoms with Gasteiger partial charge in [0.1, 0.15) is 17.2 Å². The van der Waals surface area contributed by atoms with Gasteiger partial charge in [0.05, 0.1) is 12.2 Å². The molecule has 0 radical (unpaired) electrons. The molecule has 0 aromatic heterocycles. The third kappa shape index (κ3) is 4.94. The number of rotatable bonds is 5. The molecule has 1 aliphatic carbocycles. The molecule has 3 rings (SSSR count). The van der Waals surface area contributed by atoms with Crippen molar-refractivity contribution in [2.75, 3.05) is 19.7 Å². The van der Waals surface area contributed by atoms with E-state index >= 15 is 0 Å². The van der Waals surface area contributed by atoms with E-state index in [0.717, 1.165) is 44.3 Å². The van der Waals surface area contributed by atoms with Crippen molar-refractivity contribution in [2.24, 2.45) is 5.92 Å². The van der Waals surface area contributed by atoms with Crippen molar-refractivity contribution in [3.05, 3.63) is 29.1 Å². The van der Waals surface area contributed by atoms with Crippen LogP contribution in [0.3, 0.4) is 0 Å². The minimum Gasteiger partial charge on any atom is -0.493 e. The number of ether oxygens (including phenoxy) is 2. The van der Waals surface area contributed by atoms with Gasteiger partial charge in [-0.05, 0) is 70.5 Å². The number of benzene rings is 1. The first-order valence-electron chi connectivity index (χ1n) is 9.24. The summed E-state index contributed by atoms with van der Waals surface area (Å²) in [6, 6.07) is 3.00. The molecule has 2 aliphatic rings. The second kappa shape index (κ2) is 7.32. The quantitative estimate of drug-likeness (QED) is 0.815. The summed E-state index contributed by atoms with van der Waals surface area (Å²) in [6.45, 7) is 7.92. The van der Waals surface area contributed by atoms with Crippen LogP contribution in [0.25, 0.3) is 0 Å². The molecule has 1 atom stereocenters. The van der Waals surface area contributed by atoms with Gasteiger partial charge in [0.15, 0.2) is 0 Å². The third-order valence-corrected chi connectivity index (χ3v) is 4.61. The Morgan fingerprint density at radius 2 is 2.04 bits per heavy atom. The van der Waals surface area contributed by atoms with Crippen molar-refractivity contribution in [2.45, 2.75) is 58.0 Å². The highest BCUT2D eigenvalue weighted by atomic mass is 19.1. The summed E-state index contributed by atoms with van der Waals surface area (Å²) < 4.78 is 25.8. The largest absolute Gasteiger partial charge is 0.493 e. The van der Waals surface area contributed by atoms with Crippen LogP contribution < -0.4 is 10.1 Å². The maximum Gasteiger partial charge on any atom is 0.341 e. The molecule has 4 nitrogen and oxygen atoms in total. The van der Waals surface area contributed by atoms with E-state index in [2.05, 4.69) is 5.32 Å². The van der Waals surface area contributed by atoms with E-state index in [1.54, 1.807) is 26.8 Å². The van der Waals surface area contributed by atoms with Gasteiger partial charge in [-0.15, -0.1) is 0 Å². The predicted molar refractivity (Wildman–Crippen MR) is 94.6 cm³/mol. The zero-order valence-electron chi connectivity index (χ0n) is 15.4. The fraction of sp³-hybridized carbons (Fsp3) is 0.650. The lowest BCUT2D eigenvalue weighted by molar-refractivity contribution is 0.00645. The molecule has 1 N–H and O–H groups in total. The van der Waals surface area contributed by atoms with Crippen LogP contribution in [0, 0.1) is 11.7 Å². The molecule has 1 aliphatic heterocycles. The Balaban J connectivity index is 1.77. The molecule has 1 aromatic carbocycles. The van der Waals surface area contributed by atoms with Gasteiger partial charge in [0.25, 0.3) is 0 Å². The van der Waals surface area contributed by atoms with Crippen LogP contribution in [0.2, 0.25) is 0 Å². The highest BCUT2D eigenvalue weighted by Crippen LogP contribution is 2.45. The lowest BCUT2D eigenvalue weighted by Gasteiger charge is -2.24. The fourth-order valence-electron chi connectivity index (χ4n) is 3.17. The number of esters is 1. The molecule has 1 heterocycles. The molecular formula is C20H28FNO3. The van der Waals surface area contributed by atoms with Crippen molar-refractivity contribution in [1.82, 2.24) is 5.32 Å². The summed E-state index contributed by atoms with van der Waals surface area (Å²) in [5.74, 6) is 0.207. The zero-order valence-corrected chi connectivity index (χ0v) is 15.4. The number of nitrogens with one attached hydrogen (secondary N) is 1. The van der Waals surface area contributed by atoms with Crippen molar-refractivity contribution >= 4 is 5.97 Å². The summed E-state index contributed by atoms with van der Waals surface area (Å²) in [6.07, 6.45) is 4.39. The van der Waals surface area contributed by atoms with Gasteiger partial charge in [-0.25, -0.2) is 9.18 Å². The second-order valence-corrected chi connectivity index (χ2v) is 8.17. The molecule has 0 bridgehead atoms. The zero-order chi connectivity index (χ0) is 18.0. The van der Waals surface area contributed by atoms with Crippen LogP contribution in [0.15, 0.2) is 12.1 Å². The average Bonchev–Trinajstić information content (AvgIpc) is 3.37. The topological polar surface area (TPSA) is 47.6 Å². The normalized spacial score (nSPS) is 21.0. The summed E-state index contributed by atoms with van der Waals surface area (Å²) in [5, 5.41) is 3.36. The van der Waals surface area contributed by atoms with Crippen LogP contribution in [0.1, 0.15) is 68.3 Å². The minimum absolute atomic E-state index is 0.00325. The van der Waals surface area contributed by atoms with Crippen molar-refractivity contribution in [1.29, 1.82) is 0 Å². The minimum atomic E-state index is -0.646. The Morgan fingerprint density at radius 1 is 1.28 bits per heavy atom. The monoisotopic (exact) mass is 349 g/mol. The number of halogens is 1. The predicted octanol–water partition coefficient (Wildman–Crippen LogP) is 4.04. The Morgan fingerprint density at radius 3 is 2.64 bits per heavy atom. The van der Waals surface area contributed by atoms with Crippen molar-refractivity contribution in [3.63, 3.8) is 0 Å². The summed E-state index contributed by atoms with van der Waals surface area (Å²) in [4.78, 5) is 12.3. The lowest BCUT2D eigenvalue weighted by Crippen LogP contribution is -2.33. The Kier molecular flexibility index (Phi) is 5.32. The van der Waals surface area contributed by atoms with Gasteiger partial charge in [-0.3, -0.25) is 0 Å². The Bertz CT molecular complexity index is 629. The van der Waals surface area contributed by atoms with Gasteiger partial charge in [-0.1, -0.05) is 0 Å². The van der Waals surface area contributed by atoms with Gasteiger partial charge in [0.2, 0.25) is 0 Å². The standard InChI is InChI=1S/C20H28FNO3/c1-20(2,3)25-19(23)16-9-15(14-6-7-14)18(10-17(16)21)24-12-13-5-4-8-22-11-13/h9-10,13-14,22H,4-8,11-12H2,1-3H3/t13-/m1/s1. The molecule has 5 heteroatoms. The maximum absolute atomic E-state index is 14.5. The van der Waals surface area contributed by atoms with Crippen LogP contribution in [0.5, 0.6) is 5.75 Å². The van der Waals surface area contributed by atoms with Crippen molar-refractivity contribution in [3.8, 4) is 5.75 Å². The molecular weight excluding hydrogens is 321 g/mol. The highest BCUT2D eigenvalue weighted by molar-refractivity contribution is 5.90. The van der Waals surface area contributed by atoms with E-state index in [1.165, 1.54) is 6.07 Å². The Hall–Kier alpha value is -1.62. The SMILES string of the molecule is CC(C)(C)OC(=O)c1cc(C2CC2)c(OC[C@@H]2CCCNC2)cc1F. The van der Waals surface area contributed by atoms with E-state index < -0.39 is 17.4 Å². The van der Waals surface area contributed by atoms with Gasteiger partial charge in [0, 0.05) is 18.5 Å². The first-order chi connectivity index (χ1) is 11.8. The summed E-state index contributed by atoms with van der Waals surface area (Å²) >= 11 is 0. The molecule has 1 aromatic rings. The van der Waals surface area contributed by atoms with E-state index in [4.69, 9.17) is 9.47 Å². The molecule has 0 unspecified atom stereocenters. The van der Waals surface area contributed by atoms with Crippen LogP contribution in [0.4, 0.5) is 4.39 Å². The molecule has 0 spiro atoms. The number of piperidine rings is 1. The van der Waals surface area contributed by atoms with Gasteiger partial charge in [-0.2, -0.15) is 0 Å². The number of carbonyl (C=O) groups is 1. The molecule has 1 saturated heterocycles. The molecule has 138 valence electrons. The molecule has 25 heavy (non-hydrogen) atoms. The maximum atomic E-state index is 14.5. The summed E-state index contributed by atoms with van der Waals surface area (Å²) in [7, 11) is 0. The lowest BCUT2D eigenvalue weighted by atomic mass is 10.0. The molecule has 1 saturated carbocycles. The van der Waals surface area contributed by atoms with Crippen LogP contribution in [-0.2, 0) is 4.74 Å². The molecule has 0 amide bonds. The first kappa shape index (κ1) is 18.2. The van der Waals surface area contributed by atoms with E-state index in [9.17, 15) is 9.18 Å². The van der Waals surface area contributed by atoms with Crippen LogP contribution in [-0.4, -0.2) is 31.3 Å². The van der Waals surface area contributed by atoms with E-state index in [-0.39, 0.29) is 5.56 Å². The van der Waals surface area contributed by atoms with E-state index in [0.29, 0.717) is 24.2 Å². The number of hydrogen-bond donors (Lipinski definition) is 1. The smallest absolute Gasteiger partial charge is 0.341 e. The first-order valence-corrected chi connectivity index (χ1v) is 9.24. The summed E-state index contributed by atoms with van der Waals surface area (Å²) in [5.41, 5.74) is 0.293. The highest BCUT2D eigenvalue weighted by Gasteiger charge is 2.31. The van der Waals surface area contributed by atoms with Crippen LogP contribution >= 0.6 is 0 Å². The number of hydrogen-bond acceptors (Lipinski definition) is 4. The second-order valence-electron chi connectivity index (χ2n) is 8.17. The van der Waals surface area contributed by atoms with Crippen molar-refractivity contribution < 1.29 is 18.7 Å². The number of carbonyl (C=O) groups excluding carboxylic acids is 1. The average molecular weight is 349 g/mol. The third-order valence-electron chi connectivity index (χ3n) is 4.61. The molecule has 2 fully saturated rings.